The monoisotopic (exact) mass is 546 g/mol. The van der Waals surface area contributed by atoms with E-state index in [1.54, 1.807) is 0 Å². The number of hydrogen-bond acceptors (Lipinski definition) is 7. The number of unbranched alkanes of at least 4 members (excludes halogenated alkanes) is 1. The van der Waals surface area contributed by atoms with E-state index in [9.17, 15) is 18.0 Å². The van der Waals surface area contributed by atoms with Gasteiger partial charge in [-0.25, -0.2) is 0 Å². The first-order valence-electron chi connectivity index (χ1n) is 13.1. The summed E-state index contributed by atoms with van der Waals surface area (Å²) >= 11 is 0. The standard InChI is InChI=1S/C28H33F3N4O4/c1-2-3-14-37-15-16-38-20-25(36)35-12-10-34(11-13-35)19-21-6-4-7-22(17-21)26-32-27(39-33-26)23-8-5-9-24(18-23)28(29,30)31/h4-9,17-18H,2-3,10-16,19-20H2,1H3. The largest absolute Gasteiger partial charge is 0.416 e. The molecule has 210 valence electrons. The highest BCUT2D eigenvalue weighted by Crippen LogP contribution is 2.32. The summed E-state index contributed by atoms with van der Waals surface area (Å²) in [5.41, 5.74) is 1.17. The molecule has 1 aliphatic heterocycles. The van der Waals surface area contributed by atoms with Crippen LogP contribution in [0.5, 0.6) is 0 Å². The van der Waals surface area contributed by atoms with Gasteiger partial charge < -0.3 is 18.9 Å². The normalized spacial score (nSPS) is 14.6. The Kier molecular flexibility index (Phi) is 10.1. The first kappa shape index (κ1) is 28.7. The van der Waals surface area contributed by atoms with Crippen LogP contribution >= 0.6 is 0 Å². The first-order chi connectivity index (χ1) is 18.8. The Hall–Kier alpha value is -3.28. The second-order valence-corrected chi connectivity index (χ2v) is 9.38. The van der Waals surface area contributed by atoms with Gasteiger partial charge in [0, 0.05) is 50.5 Å². The van der Waals surface area contributed by atoms with Crippen LogP contribution in [0.3, 0.4) is 0 Å². The Bertz CT molecular complexity index is 1210. The van der Waals surface area contributed by atoms with E-state index in [1.165, 1.54) is 12.1 Å². The lowest BCUT2D eigenvalue weighted by atomic mass is 10.1. The summed E-state index contributed by atoms with van der Waals surface area (Å²) in [6, 6.07) is 12.5. The van der Waals surface area contributed by atoms with Gasteiger partial charge in [-0.05, 0) is 36.2 Å². The number of carbonyl (C=O) groups is 1. The predicted molar refractivity (Wildman–Crippen MR) is 139 cm³/mol. The fraction of sp³-hybridized carbons (Fsp3) is 0.464. The molecule has 1 aliphatic rings. The number of nitrogens with zero attached hydrogens (tertiary/aromatic N) is 4. The van der Waals surface area contributed by atoms with Gasteiger partial charge in [0.1, 0.15) is 6.61 Å². The topological polar surface area (TPSA) is 80.9 Å². The SMILES string of the molecule is CCCCOCCOCC(=O)N1CCN(Cc2cccc(-c3noc(-c4cccc(C(F)(F)F)c4)n3)c2)CC1. The Morgan fingerprint density at radius 1 is 0.974 bits per heavy atom. The number of hydrogen-bond donors (Lipinski definition) is 0. The fourth-order valence-electron chi connectivity index (χ4n) is 4.23. The smallest absolute Gasteiger partial charge is 0.379 e. The molecule has 0 spiro atoms. The molecule has 2 heterocycles. The molecule has 8 nitrogen and oxygen atoms in total. The molecule has 0 saturated carbocycles. The van der Waals surface area contributed by atoms with E-state index in [0.29, 0.717) is 50.8 Å². The zero-order chi connectivity index (χ0) is 27.7. The summed E-state index contributed by atoms with van der Waals surface area (Å²) in [7, 11) is 0. The number of aromatic nitrogens is 2. The molecule has 1 saturated heterocycles. The average molecular weight is 547 g/mol. The molecule has 0 aliphatic carbocycles. The Morgan fingerprint density at radius 2 is 1.72 bits per heavy atom. The van der Waals surface area contributed by atoms with Gasteiger partial charge in [-0.3, -0.25) is 9.69 Å². The molecular weight excluding hydrogens is 513 g/mol. The molecule has 39 heavy (non-hydrogen) atoms. The number of ether oxygens (including phenoxy) is 2. The maximum atomic E-state index is 13.1. The highest BCUT2D eigenvalue weighted by Gasteiger charge is 2.31. The Balaban J connectivity index is 1.26. The van der Waals surface area contributed by atoms with Crippen LogP contribution in [0.2, 0.25) is 0 Å². The predicted octanol–water partition coefficient (Wildman–Crippen LogP) is 4.90. The van der Waals surface area contributed by atoms with Gasteiger partial charge in [0.25, 0.3) is 5.89 Å². The lowest BCUT2D eigenvalue weighted by molar-refractivity contribution is -0.138. The Morgan fingerprint density at radius 3 is 2.49 bits per heavy atom. The third-order valence-electron chi connectivity index (χ3n) is 6.42. The van der Waals surface area contributed by atoms with Crippen LogP contribution in [0, 0.1) is 0 Å². The molecule has 11 heteroatoms. The van der Waals surface area contributed by atoms with Gasteiger partial charge in [-0.2, -0.15) is 18.2 Å². The van der Waals surface area contributed by atoms with Crippen molar-refractivity contribution in [2.45, 2.75) is 32.5 Å². The second-order valence-electron chi connectivity index (χ2n) is 9.38. The molecule has 4 rings (SSSR count). The van der Waals surface area contributed by atoms with E-state index in [-0.39, 0.29) is 24.0 Å². The maximum Gasteiger partial charge on any atom is 0.416 e. The summed E-state index contributed by atoms with van der Waals surface area (Å²) in [5, 5.41) is 3.98. The number of piperazine rings is 1. The van der Waals surface area contributed by atoms with Crippen LogP contribution in [0.25, 0.3) is 22.8 Å². The average Bonchev–Trinajstić information content (AvgIpc) is 3.43. The highest BCUT2D eigenvalue weighted by atomic mass is 19.4. The van der Waals surface area contributed by atoms with Gasteiger partial charge in [-0.1, -0.05) is 42.8 Å². The van der Waals surface area contributed by atoms with E-state index in [4.69, 9.17) is 14.0 Å². The summed E-state index contributed by atoms with van der Waals surface area (Å²) < 4.78 is 55.3. The summed E-state index contributed by atoms with van der Waals surface area (Å²) in [6.07, 6.45) is -2.35. The fourth-order valence-corrected chi connectivity index (χ4v) is 4.23. The van der Waals surface area contributed by atoms with E-state index in [2.05, 4.69) is 22.0 Å². The van der Waals surface area contributed by atoms with Crippen LogP contribution in [-0.2, 0) is 27.0 Å². The van der Waals surface area contributed by atoms with E-state index >= 15 is 0 Å². The van der Waals surface area contributed by atoms with E-state index < -0.39 is 11.7 Å². The van der Waals surface area contributed by atoms with Gasteiger partial charge >= 0.3 is 6.18 Å². The van der Waals surface area contributed by atoms with Crippen molar-refractivity contribution in [1.82, 2.24) is 19.9 Å². The van der Waals surface area contributed by atoms with Crippen molar-refractivity contribution in [2.75, 3.05) is 52.6 Å². The third kappa shape index (κ3) is 8.35. The van der Waals surface area contributed by atoms with Crippen molar-refractivity contribution in [3.8, 4) is 22.8 Å². The van der Waals surface area contributed by atoms with E-state index in [0.717, 1.165) is 43.6 Å². The molecule has 0 radical (unpaired) electrons. The van der Waals surface area contributed by atoms with Gasteiger partial charge in [0.05, 0.1) is 18.8 Å². The van der Waals surface area contributed by atoms with Gasteiger partial charge in [0.2, 0.25) is 11.7 Å². The summed E-state index contributed by atoms with van der Waals surface area (Å²) in [4.78, 5) is 20.8. The maximum absolute atomic E-state index is 13.1. The molecule has 1 amide bonds. The minimum atomic E-state index is -4.46. The minimum absolute atomic E-state index is 0.0149. The molecule has 0 unspecified atom stereocenters. The molecule has 1 fully saturated rings. The van der Waals surface area contributed by atoms with Crippen molar-refractivity contribution in [3.05, 3.63) is 59.7 Å². The molecule has 3 aromatic rings. The summed E-state index contributed by atoms with van der Waals surface area (Å²) in [6.45, 7) is 7.19. The lowest BCUT2D eigenvalue weighted by Crippen LogP contribution is -2.49. The molecule has 0 bridgehead atoms. The van der Waals surface area contributed by atoms with Crippen molar-refractivity contribution in [3.63, 3.8) is 0 Å². The van der Waals surface area contributed by atoms with Crippen LogP contribution in [0.1, 0.15) is 30.9 Å². The highest BCUT2D eigenvalue weighted by molar-refractivity contribution is 5.77. The lowest BCUT2D eigenvalue weighted by Gasteiger charge is -2.34. The van der Waals surface area contributed by atoms with Crippen molar-refractivity contribution in [2.24, 2.45) is 0 Å². The number of amides is 1. The van der Waals surface area contributed by atoms with Crippen molar-refractivity contribution in [1.29, 1.82) is 0 Å². The van der Waals surface area contributed by atoms with Crippen LogP contribution in [0.4, 0.5) is 13.2 Å². The van der Waals surface area contributed by atoms with Crippen LogP contribution < -0.4 is 0 Å². The first-order valence-corrected chi connectivity index (χ1v) is 13.1. The molecule has 1 aromatic heterocycles. The number of halogens is 3. The molecule has 0 atom stereocenters. The van der Waals surface area contributed by atoms with E-state index in [1.807, 2.05) is 29.2 Å². The van der Waals surface area contributed by atoms with Crippen molar-refractivity contribution >= 4 is 5.91 Å². The molecule has 0 N–H and O–H groups in total. The molecule has 2 aromatic carbocycles. The van der Waals surface area contributed by atoms with Gasteiger partial charge in [-0.15, -0.1) is 0 Å². The molecular formula is C28H33F3N4O4. The quantitative estimate of drug-likeness (QED) is 0.299. The number of carbonyl (C=O) groups excluding carboxylic acids is 1. The number of alkyl halides is 3. The zero-order valence-corrected chi connectivity index (χ0v) is 22.0. The third-order valence-corrected chi connectivity index (χ3v) is 6.42. The van der Waals surface area contributed by atoms with Crippen LogP contribution in [-0.4, -0.2) is 78.5 Å². The van der Waals surface area contributed by atoms with Crippen molar-refractivity contribution < 1.29 is 32.0 Å². The minimum Gasteiger partial charge on any atom is -0.379 e. The number of benzene rings is 2. The van der Waals surface area contributed by atoms with Gasteiger partial charge in [0.15, 0.2) is 0 Å². The summed E-state index contributed by atoms with van der Waals surface area (Å²) in [5.74, 6) is 0.310. The second kappa shape index (κ2) is 13.7. The Labute approximate surface area is 225 Å². The van der Waals surface area contributed by atoms with Crippen LogP contribution in [0.15, 0.2) is 53.1 Å². The number of rotatable bonds is 12. The zero-order valence-electron chi connectivity index (χ0n) is 22.0.